The zero-order valence-electron chi connectivity index (χ0n) is 10.6. The molecule has 1 N–H and O–H groups in total. The molecule has 0 aliphatic rings. The van der Waals surface area contributed by atoms with E-state index < -0.39 is 0 Å². The Balaban J connectivity index is 3.52. The molecule has 0 aromatic rings. The number of nitrogens with zero attached hydrogens (tertiary/aromatic N) is 1. The van der Waals surface area contributed by atoms with Crippen LogP contribution in [0.4, 0.5) is 0 Å². The lowest BCUT2D eigenvalue weighted by atomic mass is 10.0. The Morgan fingerprint density at radius 3 is 2.07 bits per heavy atom. The van der Waals surface area contributed by atoms with Gasteiger partial charge in [-0.1, -0.05) is 34.1 Å². The molecule has 0 fully saturated rings. The highest BCUT2D eigenvalue weighted by Gasteiger charge is 2.08. The van der Waals surface area contributed by atoms with Gasteiger partial charge in [0.15, 0.2) is 0 Å². The highest BCUT2D eigenvalue weighted by atomic mass is 15.1. The van der Waals surface area contributed by atoms with Crippen molar-refractivity contribution in [2.75, 3.05) is 26.2 Å². The topological polar surface area (TPSA) is 15.3 Å². The standard InChI is InChI=1S/C12H28N2/c1-6-11(4)12(5)13-9-10-14(7-2)8-3/h11-13H,6-10H2,1-5H3/t11-,12-/m1/s1. The predicted molar refractivity (Wildman–Crippen MR) is 64.7 cm³/mol. The lowest BCUT2D eigenvalue weighted by Crippen LogP contribution is -2.38. The maximum absolute atomic E-state index is 3.59. The summed E-state index contributed by atoms with van der Waals surface area (Å²) in [6.45, 7) is 15.9. The molecule has 0 aliphatic carbocycles. The van der Waals surface area contributed by atoms with Gasteiger partial charge in [0.2, 0.25) is 0 Å². The van der Waals surface area contributed by atoms with Gasteiger partial charge in [0.25, 0.3) is 0 Å². The van der Waals surface area contributed by atoms with Gasteiger partial charge in [-0.25, -0.2) is 0 Å². The first-order chi connectivity index (χ1) is 6.65. The van der Waals surface area contributed by atoms with Crippen molar-refractivity contribution < 1.29 is 0 Å². The van der Waals surface area contributed by atoms with Crippen LogP contribution in [0, 0.1) is 5.92 Å². The molecule has 0 saturated carbocycles. The molecule has 0 heterocycles. The van der Waals surface area contributed by atoms with E-state index in [0.29, 0.717) is 6.04 Å². The van der Waals surface area contributed by atoms with Crippen molar-refractivity contribution in [3.05, 3.63) is 0 Å². The number of hydrogen-bond donors (Lipinski definition) is 1. The minimum Gasteiger partial charge on any atom is -0.313 e. The highest BCUT2D eigenvalue weighted by molar-refractivity contribution is 4.67. The molecule has 0 amide bonds. The van der Waals surface area contributed by atoms with E-state index in [9.17, 15) is 0 Å². The van der Waals surface area contributed by atoms with Crippen LogP contribution in [0.15, 0.2) is 0 Å². The molecule has 2 atom stereocenters. The first-order valence-electron chi connectivity index (χ1n) is 6.11. The fraction of sp³-hybridized carbons (Fsp3) is 1.00. The monoisotopic (exact) mass is 200 g/mol. The summed E-state index contributed by atoms with van der Waals surface area (Å²) in [7, 11) is 0. The van der Waals surface area contributed by atoms with Gasteiger partial charge in [-0.05, 0) is 25.9 Å². The van der Waals surface area contributed by atoms with Crippen LogP contribution in [-0.4, -0.2) is 37.1 Å². The van der Waals surface area contributed by atoms with E-state index in [0.717, 1.165) is 25.6 Å². The Morgan fingerprint density at radius 1 is 1.07 bits per heavy atom. The van der Waals surface area contributed by atoms with E-state index in [2.05, 4.69) is 44.8 Å². The molecular weight excluding hydrogens is 172 g/mol. The molecule has 0 aliphatic heterocycles. The van der Waals surface area contributed by atoms with Crippen molar-refractivity contribution in [2.45, 2.75) is 47.1 Å². The van der Waals surface area contributed by atoms with E-state index in [1.807, 2.05) is 0 Å². The van der Waals surface area contributed by atoms with Crippen molar-refractivity contribution in [1.82, 2.24) is 10.2 Å². The second-order valence-corrected chi connectivity index (χ2v) is 4.16. The van der Waals surface area contributed by atoms with E-state index in [4.69, 9.17) is 0 Å². The lowest BCUT2D eigenvalue weighted by molar-refractivity contribution is 0.286. The summed E-state index contributed by atoms with van der Waals surface area (Å²) >= 11 is 0. The van der Waals surface area contributed by atoms with Gasteiger partial charge in [-0.2, -0.15) is 0 Å². The van der Waals surface area contributed by atoms with Crippen LogP contribution in [0.25, 0.3) is 0 Å². The van der Waals surface area contributed by atoms with Crippen molar-refractivity contribution in [1.29, 1.82) is 0 Å². The van der Waals surface area contributed by atoms with Gasteiger partial charge < -0.3 is 10.2 Å². The van der Waals surface area contributed by atoms with Crippen LogP contribution >= 0.6 is 0 Å². The van der Waals surface area contributed by atoms with Gasteiger partial charge >= 0.3 is 0 Å². The molecule has 86 valence electrons. The Labute approximate surface area is 90.1 Å². The van der Waals surface area contributed by atoms with Crippen LogP contribution in [0.1, 0.15) is 41.0 Å². The Morgan fingerprint density at radius 2 is 1.64 bits per heavy atom. The van der Waals surface area contributed by atoms with Crippen LogP contribution in [0.5, 0.6) is 0 Å². The number of hydrogen-bond acceptors (Lipinski definition) is 2. The SMILES string of the molecule is CC[C@@H](C)[C@@H](C)NCCN(CC)CC. The van der Waals surface area contributed by atoms with Gasteiger partial charge in [0.1, 0.15) is 0 Å². The Hall–Kier alpha value is -0.0800. The van der Waals surface area contributed by atoms with Gasteiger partial charge in [-0.15, -0.1) is 0 Å². The summed E-state index contributed by atoms with van der Waals surface area (Å²) in [5.41, 5.74) is 0. The van der Waals surface area contributed by atoms with Crippen molar-refractivity contribution in [2.24, 2.45) is 5.92 Å². The number of rotatable bonds is 8. The second-order valence-electron chi connectivity index (χ2n) is 4.16. The number of likely N-dealkylation sites (N-methyl/N-ethyl adjacent to an activating group) is 1. The highest BCUT2D eigenvalue weighted by Crippen LogP contribution is 2.05. The van der Waals surface area contributed by atoms with Crippen molar-refractivity contribution in [3.63, 3.8) is 0 Å². The van der Waals surface area contributed by atoms with Crippen LogP contribution < -0.4 is 5.32 Å². The Bertz CT molecular complexity index is 121. The van der Waals surface area contributed by atoms with Crippen molar-refractivity contribution >= 4 is 0 Å². The zero-order chi connectivity index (χ0) is 11.0. The average Bonchev–Trinajstić information content (AvgIpc) is 2.22. The lowest BCUT2D eigenvalue weighted by Gasteiger charge is -2.23. The van der Waals surface area contributed by atoms with Crippen LogP contribution in [0.3, 0.4) is 0 Å². The van der Waals surface area contributed by atoms with Gasteiger partial charge in [0, 0.05) is 19.1 Å². The van der Waals surface area contributed by atoms with E-state index >= 15 is 0 Å². The number of nitrogens with one attached hydrogen (secondary N) is 1. The summed E-state index contributed by atoms with van der Waals surface area (Å²) < 4.78 is 0. The van der Waals surface area contributed by atoms with Crippen LogP contribution in [0.2, 0.25) is 0 Å². The fourth-order valence-corrected chi connectivity index (χ4v) is 1.54. The predicted octanol–water partition coefficient (Wildman–Crippen LogP) is 2.35. The molecule has 0 spiro atoms. The molecule has 0 aromatic heterocycles. The van der Waals surface area contributed by atoms with Crippen molar-refractivity contribution in [3.8, 4) is 0 Å². The maximum Gasteiger partial charge on any atom is 0.0107 e. The minimum atomic E-state index is 0.649. The molecule has 14 heavy (non-hydrogen) atoms. The molecule has 0 unspecified atom stereocenters. The smallest absolute Gasteiger partial charge is 0.0107 e. The third kappa shape index (κ3) is 5.61. The zero-order valence-corrected chi connectivity index (χ0v) is 10.6. The normalized spacial score (nSPS) is 15.9. The van der Waals surface area contributed by atoms with Gasteiger partial charge in [-0.3, -0.25) is 0 Å². The summed E-state index contributed by atoms with van der Waals surface area (Å²) in [4.78, 5) is 2.45. The quantitative estimate of drug-likeness (QED) is 0.647. The first-order valence-corrected chi connectivity index (χ1v) is 6.11. The maximum atomic E-state index is 3.59. The first kappa shape index (κ1) is 13.9. The van der Waals surface area contributed by atoms with E-state index in [-0.39, 0.29) is 0 Å². The van der Waals surface area contributed by atoms with Crippen LogP contribution in [-0.2, 0) is 0 Å². The van der Waals surface area contributed by atoms with Gasteiger partial charge in [0.05, 0.1) is 0 Å². The summed E-state index contributed by atoms with van der Waals surface area (Å²) in [6, 6.07) is 0.649. The minimum absolute atomic E-state index is 0.649. The molecule has 0 rings (SSSR count). The molecule has 0 radical (unpaired) electrons. The van der Waals surface area contributed by atoms with E-state index in [1.54, 1.807) is 0 Å². The molecule has 2 nitrogen and oxygen atoms in total. The average molecular weight is 200 g/mol. The Kier molecular flexibility index (Phi) is 8.20. The largest absolute Gasteiger partial charge is 0.313 e. The summed E-state index contributed by atoms with van der Waals surface area (Å²) in [6.07, 6.45) is 1.26. The summed E-state index contributed by atoms with van der Waals surface area (Å²) in [5, 5.41) is 3.59. The molecular formula is C12H28N2. The molecule has 0 saturated heterocycles. The third-order valence-electron chi connectivity index (χ3n) is 3.29. The fourth-order valence-electron chi connectivity index (χ4n) is 1.54. The molecule has 0 bridgehead atoms. The summed E-state index contributed by atoms with van der Waals surface area (Å²) in [5.74, 6) is 0.784. The third-order valence-corrected chi connectivity index (χ3v) is 3.29. The molecule has 2 heteroatoms. The second kappa shape index (κ2) is 8.25. The van der Waals surface area contributed by atoms with E-state index in [1.165, 1.54) is 13.0 Å². The molecule has 0 aromatic carbocycles.